The Labute approximate surface area is 137 Å². The van der Waals surface area contributed by atoms with E-state index in [9.17, 15) is 14.7 Å². The van der Waals surface area contributed by atoms with Gasteiger partial charge in [-0.2, -0.15) is 0 Å². The number of hydrogen-bond acceptors (Lipinski definition) is 5. The lowest BCUT2D eigenvalue weighted by Gasteiger charge is -2.33. The van der Waals surface area contributed by atoms with Gasteiger partial charge < -0.3 is 24.8 Å². The second kappa shape index (κ2) is 7.49. The minimum Gasteiger partial charge on any atom is -0.444 e. The molecule has 2 atom stereocenters. The molecule has 0 aromatic heterocycles. The zero-order valence-corrected chi connectivity index (χ0v) is 14.2. The highest BCUT2D eigenvalue weighted by Crippen LogP contribution is 2.22. The monoisotopic (exact) mass is 328 g/mol. The van der Waals surface area contributed by atoms with Crippen LogP contribution in [0.1, 0.15) is 40.0 Å². The summed E-state index contributed by atoms with van der Waals surface area (Å²) >= 11 is 0. The highest BCUT2D eigenvalue weighted by Gasteiger charge is 2.37. The molecule has 0 saturated carbocycles. The Morgan fingerprint density at radius 3 is 2.43 bits per heavy atom. The molecule has 1 unspecified atom stereocenters. The molecule has 0 bridgehead atoms. The first-order valence-electron chi connectivity index (χ1n) is 8.30. The van der Waals surface area contributed by atoms with Crippen molar-refractivity contribution in [2.75, 3.05) is 26.3 Å². The molecule has 2 saturated heterocycles. The Morgan fingerprint density at radius 1 is 1.26 bits per heavy atom. The van der Waals surface area contributed by atoms with E-state index in [4.69, 9.17) is 9.47 Å². The van der Waals surface area contributed by atoms with E-state index >= 15 is 0 Å². The van der Waals surface area contributed by atoms with E-state index in [1.807, 2.05) is 0 Å². The van der Waals surface area contributed by atoms with Gasteiger partial charge in [-0.15, -0.1) is 0 Å². The van der Waals surface area contributed by atoms with Crippen molar-refractivity contribution >= 4 is 12.0 Å². The molecule has 0 aromatic carbocycles. The molecular weight excluding hydrogens is 300 g/mol. The highest BCUT2D eigenvalue weighted by molar-refractivity contribution is 5.86. The highest BCUT2D eigenvalue weighted by atomic mass is 16.6. The van der Waals surface area contributed by atoms with E-state index in [0.29, 0.717) is 32.7 Å². The summed E-state index contributed by atoms with van der Waals surface area (Å²) in [6, 6.07) is -0.626. The van der Waals surface area contributed by atoms with Crippen LogP contribution in [-0.4, -0.2) is 66.1 Å². The van der Waals surface area contributed by atoms with Crippen molar-refractivity contribution in [2.24, 2.45) is 5.92 Å². The lowest BCUT2D eigenvalue weighted by molar-refractivity contribution is -0.135. The molecule has 0 radical (unpaired) electrons. The molecule has 2 aliphatic heterocycles. The van der Waals surface area contributed by atoms with Gasteiger partial charge in [-0.1, -0.05) is 0 Å². The smallest absolute Gasteiger partial charge is 0.408 e. The number of aliphatic hydroxyl groups excluding tert-OH is 1. The number of likely N-dealkylation sites (tertiary alicyclic amines) is 1. The van der Waals surface area contributed by atoms with Crippen molar-refractivity contribution in [1.82, 2.24) is 10.2 Å². The first kappa shape index (κ1) is 18.0. The van der Waals surface area contributed by atoms with Crippen LogP contribution in [0.15, 0.2) is 0 Å². The maximum absolute atomic E-state index is 12.8. The zero-order valence-electron chi connectivity index (χ0n) is 14.2. The Bertz CT molecular complexity index is 429. The number of carbonyl (C=O) groups is 2. The number of β-amino-alcohol motifs (C(OH)–C–C–N with tert-alkyl or cyclic N) is 1. The largest absolute Gasteiger partial charge is 0.444 e. The molecule has 2 aliphatic rings. The van der Waals surface area contributed by atoms with Crippen LogP contribution in [-0.2, 0) is 14.3 Å². The van der Waals surface area contributed by atoms with Crippen molar-refractivity contribution in [3.8, 4) is 0 Å². The third-order valence-electron chi connectivity index (χ3n) is 4.15. The van der Waals surface area contributed by atoms with E-state index in [-0.39, 0.29) is 11.8 Å². The third-order valence-corrected chi connectivity index (χ3v) is 4.15. The molecular formula is C16H28N2O5. The summed E-state index contributed by atoms with van der Waals surface area (Å²) in [5.41, 5.74) is -0.614. The van der Waals surface area contributed by atoms with Crippen LogP contribution in [0.2, 0.25) is 0 Å². The lowest BCUT2D eigenvalue weighted by atomic mass is 9.91. The molecule has 2 rings (SSSR count). The van der Waals surface area contributed by atoms with Gasteiger partial charge in [-0.3, -0.25) is 4.79 Å². The Hall–Kier alpha value is -1.34. The SMILES string of the molecule is CC(C)(C)OC(=O)NC(C(=O)N1CC[C@H](O)C1)C1CCOCC1. The average Bonchev–Trinajstić information content (AvgIpc) is 2.90. The molecule has 7 heteroatoms. The number of aliphatic hydroxyl groups is 1. The molecule has 23 heavy (non-hydrogen) atoms. The zero-order chi connectivity index (χ0) is 17.0. The summed E-state index contributed by atoms with van der Waals surface area (Å²) in [5.74, 6) is -0.110. The Kier molecular flexibility index (Phi) is 5.86. The first-order chi connectivity index (χ1) is 10.8. The van der Waals surface area contributed by atoms with Gasteiger partial charge in [-0.05, 0) is 46.0 Å². The third kappa shape index (κ3) is 5.35. The number of carbonyl (C=O) groups excluding carboxylic acids is 2. The van der Waals surface area contributed by atoms with Gasteiger partial charge in [0.1, 0.15) is 11.6 Å². The van der Waals surface area contributed by atoms with Gasteiger partial charge in [0, 0.05) is 26.3 Å². The summed E-state index contributed by atoms with van der Waals surface area (Å²) < 4.78 is 10.6. The van der Waals surface area contributed by atoms with E-state index < -0.39 is 23.8 Å². The van der Waals surface area contributed by atoms with Gasteiger partial charge >= 0.3 is 6.09 Å². The van der Waals surface area contributed by atoms with Gasteiger partial charge in [0.2, 0.25) is 5.91 Å². The van der Waals surface area contributed by atoms with E-state index in [2.05, 4.69) is 5.32 Å². The fourth-order valence-electron chi connectivity index (χ4n) is 3.00. The molecule has 2 N–H and O–H groups in total. The second-order valence-corrected chi connectivity index (χ2v) is 7.30. The fraction of sp³-hybridized carbons (Fsp3) is 0.875. The number of amides is 2. The molecule has 0 aliphatic carbocycles. The van der Waals surface area contributed by atoms with Crippen LogP contribution < -0.4 is 5.32 Å². The topological polar surface area (TPSA) is 88.1 Å². The first-order valence-corrected chi connectivity index (χ1v) is 8.30. The Morgan fingerprint density at radius 2 is 1.91 bits per heavy atom. The summed E-state index contributed by atoms with van der Waals surface area (Å²) in [5, 5.41) is 12.4. The van der Waals surface area contributed by atoms with E-state index in [0.717, 1.165) is 12.8 Å². The molecule has 2 heterocycles. The lowest BCUT2D eigenvalue weighted by Crippen LogP contribution is -2.53. The van der Waals surface area contributed by atoms with Crippen molar-refractivity contribution in [2.45, 2.75) is 57.8 Å². The summed E-state index contributed by atoms with van der Waals surface area (Å²) in [6.07, 6.45) is 0.974. The number of rotatable bonds is 3. The van der Waals surface area contributed by atoms with Gasteiger partial charge in [0.05, 0.1) is 6.10 Å². The molecule has 7 nitrogen and oxygen atoms in total. The Balaban J connectivity index is 2.04. The van der Waals surface area contributed by atoms with Crippen LogP contribution in [0.4, 0.5) is 4.79 Å². The minimum atomic E-state index is -0.626. The van der Waals surface area contributed by atoms with Crippen LogP contribution in [0.25, 0.3) is 0 Å². The van der Waals surface area contributed by atoms with Crippen molar-refractivity contribution in [1.29, 1.82) is 0 Å². The fourth-order valence-corrected chi connectivity index (χ4v) is 3.00. The average molecular weight is 328 g/mol. The van der Waals surface area contributed by atoms with Crippen LogP contribution >= 0.6 is 0 Å². The van der Waals surface area contributed by atoms with E-state index in [1.165, 1.54) is 0 Å². The van der Waals surface area contributed by atoms with Crippen molar-refractivity contribution in [3.05, 3.63) is 0 Å². The molecule has 0 spiro atoms. The van der Waals surface area contributed by atoms with Crippen LogP contribution in [0, 0.1) is 5.92 Å². The van der Waals surface area contributed by atoms with Gasteiger partial charge in [0.25, 0.3) is 0 Å². The predicted octanol–water partition coefficient (Wildman–Crippen LogP) is 0.899. The number of nitrogens with one attached hydrogen (secondary N) is 1. The van der Waals surface area contributed by atoms with E-state index in [1.54, 1.807) is 25.7 Å². The second-order valence-electron chi connectivity index (χ2n) is 7.30. The maximum atomic E-state index is 12.8. The summed E-state index contributed by atoms with van der Waals surface area (Å²) in [4.78, 5) is 26.5. The number of alkyl carbamates (subject to hydrolysis) is 1. The number of nitrogens with zero attached hydrogens (tertiary/aromatic N) is 1. The standard InChI is InChI=1S/C16H28N2O5/c1-16(2,3)23-15(21)17-13(11-5-8-22-9-6-11)14(20)18-7-4-12(19)10-18/h11-13,19H,4-10H2,1-3H3,(H,17,21)/t12-,13?/m0/s1. The molecule has 0 aromatic rings. The molecule has 2 amide bonds. The molecule has 2 fully saturated rings. The van der Waals surface area contributed by atoms with Crippen molar-refractivity contribution < 1.29 is 24.2 Å². The maximum Gasteiger partial charge on any atom is 0.408 e. The summed E-state index contributed by atoms with van der Waals surface area (Å²) in [7, 11) is 0. The van der Waals surface area contributed by atoms with Crippen molar-refractivity contribution in [3.63, 3.8) is 0 Å². The summed E-state index contributed by atoms with van der Waals surface area (Å²) in [6.45, 7) is 7.39. The van der Waals surface area contributed by atoms with Gasteiger partial charge in [0.15, 0.2) is 0 Å². The van der Waals surface area contributed by atoms with Crippen LogP contribution in [0.5, 0.6) is 0 Å². The van der Waals surface area contributed by atoms with Gasteiger partial charge in [-0.25, -0.2) is 4.79 Å². The van der Waals surface area contributed by atoms with Crippen LogP contribution in [0.3, 0.4) is 0 Å². The minimum absolute atomic E-state index is 0.0292. The number of ether oxygens (including phenoxy) is 2. The molecule has 132 valence electrons. The normalized spacial score (nSPS) is 24.3. The quantitative estimate of drug-likeness (QED) is 0.804. The predicted molar refractivity (Wildman–Crippen MR) is 83.9 cm³/mol. The number of hydrogen-bond donors (Lipinski definition) is 2.